The fourth-order valence-corrected chi connectivity index (χ4v) is 4.84. The lowest BCUT2D eigenvalue weighted by atomic mass is 10.1. The number of methoxy groups -OCH3 is 1. The molecule has 1 saturated heterocycles. The lowest BCUT2D eigenvalue weighted by Crippen LogP contribution is -2.45. The molecule has 0 aromatic heterocycles. The molecule has 1 aliphatic rings. The van der Waals surface area contributed by atoms with E-state index >= 15 is 0 Å². The van der Waals surface area contributed by atoms with E-state index in [1.807, 2.05) is 50.2 Å². The molecule has 0 aliphatic carbocycles. The number of ether oxygens (including phenoxy) is 2. The molecular formula is C19H23NO4S. The number of hydrogen-bond donors (Lipinski definition) is 0. The molecule has 0 radical (unpaired) electrons. The van der Waals surface area contributed by atoms with Gasteiger partial charge in [-0.05, 0) is 37.1 Å². The van der Waals surface area contributed by atoms with Crippen molar-refractivity contribution in [2.75, 3.05) is 20.2 Å². The Bertz CT molecular complexity index is 836. The van der Waals surface area contributed by atoms with E-state index in [0.29, 0.717) is 12.3 Å². The minimum absolute atomic E-state index is 0.190. The van der Waals surface area contributed by atoms with Crippen LogP contribution in [0, 0.1) is 6.92 Å². The van der Waals surface area contributed by atoms with Gasteiger partial charge >= 0.3 is 0 Å². The second-order valence-electron chi connectivity index (χ2n) is 6.32. The lowest BCUT2D eigenvalue weighted by molar-refractivity contribution is -0.0557. The Morgan fingerprint density at radius 1 is 1.12 bits per heavy atom. The van der Waals surface area contributed by atoms with Gasteiger partial charge in [-0.1, -0.05) is 36.4 Å². The third kappa shape index (κ3) is 3.71. The van der Waals surface area contributed by atoms with Crippen molar-refractivity contribution >= 4 is 10.0 Å². The molecule has 2 aromatic carbocycles. The van der Waals surface area contributed by atoms with Crippen LogP contribution in [0.2, 0.25) is 0 Å². The first kappa shape index (κ1) is 17.9. The Morgan fingerprint density at radius 2 is 1.84 bits per heavy atom. The van der Waals surface area contributed by atoms with Crippen molar-refractivity contribution in [1.82, 2.24) is 4.31 Å². The van der Waals surface area contributed by atoms with Gasteiger partial charge in [0.15, 0.2) is 0 Å². The summed E-state index contributed by atoms with van der Waals surface area (Å²) in [6, 6.07) is 14.9. The van der Waals surface area contributed by atoms with Crippen LogP contribution < -0.4 is 4.74 Å². The number of aryl methyl sites for hydroxylation is 1. The molecule has 0 bridgehead atoms. The van der Waals surface area contributed by atoms with Gasteiger partial charge in [0.25, 0.3) is 0 Å². The van der Waals surface area contributed by atoms with Gasteiger partial charge in [-0.2, -0.15) is 4.31 Å². The summed E-state index contributed by atoms with van der Waals surface area (Å²) in [6.45, 7) is 4.37. The molecule has 2 atom stereocenters. The topological polar surface area (TPSA) is 55.8 Å². The molecule has 0 spiro atoms. The number of morpholine rings is 1. The van der Waals surface area contributed by atoms with E-state index < -0.39 is 10.0 Å². The van der Waals surface area contributed by atoms with Gasteiger partial charge in [-0.25, -0.2) is 8.42 Å². The summed E-state index contributed by atoms with van der Waals surface area (Å²) in [7, 11) is -2.19. The average molecular weight is 361 g/mol. The molecule has 1 aliphatic heterocycles. The average Bonchev–Trinajstić information content (AvgIpc) is 2.62. The number of hydrogen-bond acceptors (Lipinski definition) is 4. The van der Waals surface area contributed by atoms with Crippen molar-refractivity contribution in [3.05, 3.63) is 59.7 Å². The minimum Gasteiger partial charge on any atom is -0.495 e. The van der Waals surface area contributed by atoms with E-state index in [4.69, 9.17) is 9.47 Å². The molecule has 0 N–H and O–H groups in total. The number of nitrogens with zero attached hydrogens (tertiary/aromatic N) is 1. The summed E-state index contributed by atoms with van der Waals surface area (Å²) in [5, 5.41) is 0. The maximum Gasteiger partial charge on any atom is 0.246 e. The van der Waals surface area contributed by atoms with Gasteiger partial charge in [0, 0.05) is 13.1 Å². The van der Waals surface area contributed by atoms with Crippen molar-refractivity contribution < 1.29 is 17.9 Å². The van der Waals surface area contributed by atoms with Crippen LogP contribution in [0.4, 0.5) is 0 Å². The zero-order valence-electron chi connectivity index (χ0n) is 14.7. The van der Waals surface area contributed by atoms with Gasteiger partial charge in [0.05, 0.1) is 19.3 Å². The Labute approximate surface area is 149 Å². The Balaban J connectivity index is 1.95. The van der Waals surface area contributed by atoms with Crippen LogP contribution in [0.5, 0.6) is 5.75 Å². The third-order valence-corrected chi connectivity index (χ3v) is 6.19. The number of rotatable bonds is 4. The van der Waals surface area contributed by atoms with Crippen LogP contribution in [0.3, 0.4) is 0 Å². The van der Waals surface area contributed by atoms with Crippen molar-refractivity contribution in [1.29, 1.82) is 0 Å². The van der Waals surface area contributed by atoms with Gasteiger partial charge in [-0.3, -0.25) is 0 Å². The smallest absolute Gasteiger partial charge is 0.246 e. The first-order valence-electron chi connectivity index (χ1n) is 8.27. The van der Waals surface area contributed by atoms with Gasteiger partial charge < -0.3 is 9.47 Å². The van der Waals surface area contributed by atoms with Crippen LogP contribution in [-0.2, 0) is 14.8 Å². The van der Waals surface area contributed by atoms with Crippen LogP contribution in [0.25, 0.3) is 0 Å². The molecule has 2 unspecified atom stereocenters. The Kier molecular flexibility index (Phi) is 5.13. The molecule has 0 saturated carbocycles. The largest absolute Gasteiger partial charge is 0.495 e. The molecule has 2 aromatic rings. The first-order valence-corrected chi connectivity index (χ1v) is 9.71. The molecule has 0 amide bonds. The highest BCUT2D eigenvalue weighted by Crippen LogP contribution is 2.32. The lowest BCUT2D eigenvalue weighted by Gasteiger charge is -2.36. The van der Waals surface area contributed by atoms with Crippen LogP contribution in [0.1, 0.15) is 24.2 Å². The monoisotopic (exact) mass is 361 g/mol. The van der Waals surface area contributed by atoms with Gasteiger partial charge in [0.1, 0.15) is 10.6 Å². The van der Waals surface area contributed by atoms with Crippen molar-refractivity contribution in [2.45, 2.75) is 31.0 Å². The molecule has 1 fully saturated rings. The van der Waals surface area contributed by atoms with E-state index in [9.17, 15) is 8.42 Å². The second kappa shape index (κ2) is 7.15. The highest BCUT2D eigenvalue weighted by atomic mass is 32.2. The molecule has 6 heteroatoms. The quantitative estimate of drug-likeness (QED) is 0.839. The highest BCUT2D eigenvalue weighted by molar-refractivity contribution is 7.89. The van der Waals surface area contributed by atoms with Crippen LogP contribution in [0.15, 0.2) is 53.4 Å². The molecular weight excluding hydrogens is 338 g/mol. The van der Waals surface area contributed by atoms with E-state index in [1.54, 1.807) is 12.1 Å². The molecule has 134 valence electrons. The Hall–Kier alpha value is -1.89. The van der Waals surface area contributed by atoms with Gasteiger partial charge in [-0.15, -0.1) is 0 Å². The number of sulfonamides is 1. The second-order valence-corrected chi connectivity index (χ2v) is 8.23. The molecule has 5 nitrogen and oxygen atoms in total. The van der Waals surface area contributed by atoms with E-state index in [-0.39, 0.29) is 23.6 Å². The van der Waals surface area contributed by atoms with E-state index in [0.717, 1.165) is 11.1 Å². The highest BCUT2D eigenvalue weighted by Gasteiger charge is 2.36. The Morgan fingerprint density at radius 3 is 2.52 bits per heavy atom. The predicted molar refractivity (Wildman–Crippen MR) is 96.2 cm³/mol. The normalized spacial score (nSPS) is 21.9. The predicted octanol–water partition coefficient (Wildman–Crippen LogP) is 3.15. The maximum absolute atomic E-state index is 13.2. The van der Waals surface area contributed by atoms with Crippen LogP contribution in [-0.4, -0.2) is 39.0 Å². The third-order valence-electron chi connectivity index (χ3n) is 4.34. The summed E-state index contributed by atoms with van der Waals surface area (Å²) in [4.78, 5) is 0.205. The van der Waals surface area contributed by atoms with Crippen molar-refractivity contribution in [2.24, 2.45) is 0 Å². The summed E-state index contributed by atoms with van der Waals surface area (Å²) in [6.07, 6.45) is -0.472. The first-order chi connectivity index (χ1) is 11.9. The van der Waals surface area contributed by atoms with Crippen LogP contribution >= 0.6 is 0 Å². The summed E-state index contributed by atoms with van der Waals surface area (Å²) in [5.41, 5.74) is 1.85. The van der Waals surface area contributed by atoms with Crippen molar-refractivity contribution in [3.63, 3.8) is 0 Å². The van der Waals surface area contributed by atoms with E-state index in [1.165, 1.54) is 11.4 Å². The molecule has 25 heavy (non-hydrogen) atoms. The molecule has 3 rings (SSSR count). The van der Waals surface area contributed by atoms with E-state index in [2.05, 4.69) is 0 Å². The SMILES string of the molecule is COc1ccc(C)cc1S(=O)(=O)N1CC(C)OC(c2ccccc2)C1. The fraction of sp³-hybridized carbons (Fsp3) is 0.368. The molecule has 1 heterocycles. The maximum atomic E-state index is 13.2. The summed E-state index contributed by atoms with van der Waals surface area (Å²) < 4.78 is 39.2. The zero-order valence-corrected chi connectivity index (χ0v) is 15.5. The minimum atomic E-state index is -3.67. The summed E-state index contributed by atoms with van der Waals surface area (Å²) >= 11 is 0. The zero-order chi connectivity index (χ0) is 18.0. The van der Waals surface area contributed by atoms with Crippen molar-refractivity contribution in [3.8, 4) is 5.75 Å². The summed E-state index contributed by atoms with van der Waals surface area (Å²) in [5.74, 6) is 0.362. The van der Waals surface area contributed by atoms with Gasteiger partial charge in [0.2, 0.25) is 10.0 Å². The number of benzene rings is 2. The fourth-order valence-electron chi connectivity index (χ4n) is 3.09. The standard InChI is InChI=1S/C19H23NO4S/c1-14-9-10-17(23-3)19(11-14)25(21,22)20-12-15(2)24-18(13-20)16-7-5-4-6-8-16/h4-11,15,18H,12-13H2,1-3H3.